The van der Waals surface area contributed by atoms with Gasteiger partial charge in [-0.15, -0.1) is 0 Å². The Morgan fingerprint density at radius 1 is 1.20 bits per heavy atom. The summed E-state index contributed by atoms with van der Waals surface area (Å²) < 4.78 is 2.30. The molecule has 0 aliphatic carbocycles. The molecule has 4 heteroatoms. The van der Waals surface area contributed by atoms with Crippen LogP contribution in [0.1, 0.15) is 28.3 Å². The Hall–Kier alpha value is -0.430. The van der Waals surface area contributed by atoms with Gasteiger partial charge < -0.3 is 0 Å². The van der Waals surface area contributed by atoms with Gasteiger partial charge in [-0.1, -0.05) is 39.7 Å². The zero-order chi connectivity index (χ0) is 14.7. The number of nitrogens with two attached hydrogens (primary N) is 1. The maximum absolute atomic E-state index is 5.79. The summed E-state index contributed by atoms with van der Waals surface area (Å²) >= 11 is 5.94. The fourth-order valence-electron chi connectivity index (χ4n) is 2.28. The minimum Gasteiger partial charge on any atom is -0.271 e. The van der Waals surface area contributed by atoms with Crippen LogP contribution < -0.4 is 11.3 Å². The lowest BCUT2D eigenvalue weighted by Gasteiger charge is -2.20. The number of nitrogens with one attached hydrogen (secondary N) is 1. The molecule has 2 aromatic rings. The number of rotatable bonds is 4. The van der Waals surface area contributed by atoms with Crippen molar-refractivity contribution in [3.05, 3.63) is 66.7 Å². The Balaban J connectivity index is 2.33. The Morgan fingerprint density at radius 2 is 1.95 bits per heavy atom. The fraction of sp³-hybridized carbons (Fsp3) is 0.250. The lowest BCUT2D eigenvalue weighted by atomic mass is 9.95. The highest BCUT2D eigenvalue weighted by molar-refractivity contribution is 14.1. The van der Waals surface area contributed by atoms with Crippen molar-refractivity contribution in [1.82, 2.24) is 5.43 Å². The van der Waals surface area contributed by atoms with Crippen molar-refractivity contribution in [2.45, 2.75) is 26.3 Å². The molecule has 0 saturated carbocycles. The van der Waals surface area contributed by atoms with Crippen LogP contribution in [-0.4, -0.2) is 0 Å². The van der Waals surface area contributed by atoms with E-state index in [2.05, 4.69) is 94.2 Å². The van der Waals surface area contributed by atoms with Gasteiger partial charge in [-0.25, -0.2) is 0 Å². The van der Waals surface area contributed by atoms with Crippen LogP contribution in [0.5, 0.6) is 0 Å². The van der Waals surface area contributed by atoms with E-state index < -0.39 is 0 Å². The highest BCUT2D eigenvalue weighted by Gasteiger charge is 2.15. The molecule has 0 fully saturated rings. The Bertz CT molecular complexity index is 613. The Labute approximate surface area is 142 Å². The van der Waals surface area contributed by atoms with Gasteiger partial charge in [-0.3, -0.25) is 11.3 Å². The minimum atomic E-state index is 0.0968. The summed E-state index contributed by atoms with van der Waals surface area (Å²) in [6.07, 6.45) is 0.878. The third-order valence-electron chi connectivity index (χ3n) is 3.46. The number of hydrogen-bond acceptors (Lipinski definition) is 2. The van der Waals surface area contributed by atoms with E-state index in [-0.39, 0.29) is 6.04 Å². The number of benzene rings is 2. The fourth-order valence-corrected chi connectivity index (χ4v) is 3.32. The van der Waals surface area contributed by atoms with Crippen molar-refractivity contribution in [3.8, 4) is 0 Å². The second-order valence-corrected chi connectivity index (χ2v) is 7.12. The molecule has 0 amide bonds. The lowest BCUT2D eigenvalue weighted by molar-refractivity contribution is 0.548. The van der Waals surface area contributed by atoms with E-state index in [0.29, 0.717) is 0 Å². The van der Waals surface area contributed by atoms with Crippen LogP contribution in [0.25, 0.3) is 0 Å². The van der Waals surface area contributed by atoms with Gasteiger partial charge in [0, 0.05) is 8.04 Å². The predicted molar refractivity (Wildman–Crippen MR) is 96.5 cm³/mol. The van der Waals surface area contributed by atoms with Crippen LogP contribution in [0.3, 0.4) is 0 Å². The molecule has 0 spiro atoms. The van der Waals surface area contributed by atoms with E-state index in [4.69, 9.17) is 5.84 Å². The van der Waals surface area contributed by atoms with Crippen molar-refractivity contribution in [1.29, 1.82) is 0 Å². The van der Waals surface area contributed by atoms with Gasteiger partial charge >= 0.3 is 0 Å². The van der Waals surface area contributed by atoms with Gasteiger partial charge in [0.15, 0.2) is 0 Å². The van der Waals surface area contributed by atoms with Crippen molar-refractivity contribution in [3.63, 3.8) is 0 Å². The molecule has 0 saturated heterocycles. The SMILES string of the molecule is Cc1ccc(C)c(CC(NN)c2cc(I)ccc2Br)c1. The van der Waals surface area contributed by atoms with E-state index in [9.17, 15) is 0 Å². The summed E-state index contributed by atoms with van der Waals surface area (Å²) in [5.74, 6) is 5.79. The highest BCUT2D eigenvalue weighted by atomic mass is 127. The molecular formula is C16H18BrIN2. The zero-order valence-corrected chi connectivity index (χ0v) is 15.3. The van der Waals surface area contributed by atoms with E-state index in [1.165, 1.54) is 25.8 Å². The molecular weight excluding hydrogens is 427 g/mol. The normalized spacial score (nSPS) is 12.4. The molecule has 2 aromatic carbocycles. The third-order valence-corrected chi connectivity index (χ3v) is 4.86. The van der Waals surface area contributed by atoms with Gasteiger partial charge in [0.1, 0.15) is 0 Å². The van der Waals surface area contributed by atoms with Gasteiger partial charge in [0.25, 0.3) is 0 Å². The van der Waals surface area contributed by atoms with E-state index >= 15 is 0 Å². The third kappa shape index (κ3) is 3.81. The molecule has 106 valence electrons. The van der Waals surface area contributed by atoms with Crippen molar-refractivity contribution in [2.75, 3.05) is 0 Å². The molecule has 0 aliphatic rings. The molecule has 2 nitrogen and oxygen atoms in total. The smallest absolute Gasteiger partial charge is 0.0511 e. The second kappa shape index (κ2) is 7.02. The van der Waals surface area contributed by atoms with Gasteiger partial charge in [0.05, 0.1) is 6.04 Å². The van der Waals surface area contributed by atoms with Crippen LogP contribution in [0.15, 0.2) is 40.9 Å². The molecule has 2 rings (SSSR count). The maximum atomic E-state index is 5.79. The average molecular weight is 445 g/mol. The first kappa shape index (κ1) is 15.9. The number of halogens is 2. The second-order valence-electron chi connectivity index (χ2n) is 5.02. The van der Waals surface area contributed by atoms with Crippen LogP contribution in [0.4, 0.5) is 0 Å². The van der Waals surface area contributed by atoms with Gasteiger partial charge in [-0.2, -0.15) is 0 Å². The molecule has 3 N–H and O–H groups in total. The maximum Gasteiger partial charge on any atom is 0.0511 e. The van der Waals surface area contributed by atoms with E-state index in [1.807, 2.05) is 0 Å². The zero-order valence-electron chi connectivity index (χ0n) is 11.6. The minimum absolute atomic E-state index is 0.0968. The van der Waals surface area contributed by atoms with Crippen molar-refractivity contribution < 1.29 is 0 Å². The Kier molecular flexibility index (Phi) is 5.60. The molecule has 20 heavy (non-hydrogen) atoms. The van der Waals surface area contributed by atoms with Crippen LogP contribution in [0.2, 0.25) is 0 Å². The first-order valence-corrected chi connectivity index (χ1v) is 8.35. The van der Waals surface area contributed by atoms with E-state index in [1.54, 1.807) is 0 Å². The molecule has 0 heterocycles. The van der Waals surface area contributed by atoms with Gasteiger partial charge in [0.2, 0.25) is 0 Å². The average Bonchev–Trinajstić information content (AvgIpc) is 2.42. The van der Waals surface area contributed by atoms with Crippen LogP contribution in [-0.2, 0) is 6.42 Å². The van der Waals surface area contributed by atoms with Crippen molar-refractivity contribution in [2.24, 2.45) is 5.84 Å². The van der Waals surface area contributed by atoms with Gasteiger partial charge in [-0.05, 0) is 77.7 Å². The quantitative estimate of drug-likeness (QED) is 0.416. The summed E-state index contributed by atoms with van der Waals surface area (Å²) in [5.41, 5.74) is 8.06. The first-order chi connectivity index (χ1) is 9.51. The standard InChI is InChI=1S/C16H18BrIN2/c1-10-3-4-11(2)12(7-10)8-16(20-19)14-9-13(18)5-6-15(14)17/h3-7,9,16,20H,8,19H2,1-2H3. The topological polar surface area (TPSA) is 38.0 Å². The molecule has 0 aromatic heterocycles. The number of hydrogen-bond donors (Lipinski definition) is 2. The van der Waals surface area contributed by atoms with E-state index in [0.717, 1.165) is 10.9 Å². The van der Waals surface area contributed by atoms with Crippen molar-refractivity contribution >= 4 is 38.5 Å². The Morgan fingerprint density at radius 3 is 2.65 bits per heavy atom. The van der Waals surface area contributed by atoms with Crippen LogP contribution in [0, 0.1) is 17.4 Å². The molecule has 1 atom stereocenters. The summed E-state index contributed by atoms with van der Waals surface area (Å²) in [6, 6.07) is 13.0. The lowest BCUT2D eigenvalue weighted by Crippen LogP contribution is -2.30. The molecule has 1 unspecified atom stereocenters. The summed E-state index contributed by atoms with van der Waals surface area (Å²) in [5, 5.41) is 0. The predicted octanol–water partition coefficient (Wildman–Crippen LogP) is 4.42. The summed E-state index contributed by atoms with van der Waals surface area (Å²) in [4.78, 5) is 0. The molecule has 0 bridgehead atoms. The first-order valence-electron chi connectivity index (χ1n) is 6.48. The highest BCUT2D eigenvalue weighted by Crippen LogP contribution is 2.28. The number of hydrazine groups is 1. The molecule has 0 aliphatic heterocycles. The largest absolute Gasteiger partial charge is 0.271 e. The van der Waals surface area contributed by atoms with Crippen LogP contribution >= 0.6 is 38.5 Å². The monoisotopic (exact) mass is 444 g/mol. The summed E-state index contributed by atoms with van der Waals surface area (Å²) in [6.45, 7) is 4.27. The number of aryl methyl sites for hydroxylation is 2. The molecule has 0 radical (unpaired) electrons. The summed E-state index contributed by atoms with van der Waals surface area (Å²) in [7, 11) is 0.